The van der Waals surface area contributed by atoms with Crippen LogP contribution in [0.2, 0.25) is 0 Å². The van der Waals surface area contributed by atoms with Crippen molar-refractivity contribution in [2.75, 3.05) is 32.0 Å². The first-order chi connectivity index (χ1) is 13.3. The van der Waals surface area contributed by atoms with Gasteiger partial charge in [-0.1, -0.05) is 0 Å². The summed E-state index contributed by atoms with van der Waals surface area (Å²) in [6.07, 6.45) is -2.54. The van der Waals surface area contributed by atoms with Crippen molar-refractivity contribution in [2.24, 2.45) is 4.99 Å². The van der Waals surface area contributed by atoms with Crippen molar-refractivity contribution in [3.05, 3.63) is 35.4 Å². The van der Waals surface area contributed by atoms with Crippen molar-refractivity contribution in [2.45, 2.75) is 33.0 Å². The Morgan fingerprint density at radius 3 is 2.52 bits per heavy atom. The molecule has 0 aromatic carbocycles. The molecule has 0 amide bonds. The van der Waals surface area contributed by atoms with Gasteiger partial charge in [-0.3, -0.25) is 9.67 Å². The lowest BCUT2D eigenvalue weighted by Crippen LogP contribution is -2.40. The van der Waals surface area contributed by atoms with Gasteiger partial charge >= 0.3 is 6.18 Å². The van der Waals surface area contributed by atoms with Crippen LogP contribution in [0.1, 0.15) is 23.5 Å². The number of alkyl halides is 3. The Labute approximate surface area is 184 Å². The maximum Gasteiger partial charge on any atom is 0.433 e. The summed E-state index contributed by atoms with van der Waals surface area (Å²) in [7, 11) is 1.65. The molecule has 0 saturated heterocycles. The van der Waals surface area contributed by atoms with E-state index in [1.165, 1.54) is 0 Å². The molecule has 0 unspecified atom stereocenters. The van der Waals surface area contributed by atoms with Crippen LogP contribution < -0.4 is 16.0 Å². The second-order valence-electron chi connectivity index (χ2n) is 6.12. The summed E-state index contributed by atoms with van der Waals surface area (Å²) < 4.78 is 39.8. The van der Waals surface area contributed by atoms with Crippen LogP contribution in [0, 0.1) is 13.8 Å². The van der Waals surface area contributed by atoms with Gasteiger partial charge < -0.3 is 16.0 Å². The molecule has 0 fully saturated rings. The minimum atomic E-state index is -4.49. The number of aromatic nitrogens is 4. The standard InChI is InChI=1S/C17H25F3N8.HI/c1-12-11-13(2)28(27-12)10-4-6-22-15(21-3)24-8-9-25-16-23-7-5-14(26-16)17(18,19)20;/h5,7,11H,4,6,8-10H2,1-3H3,(H2,21,22,24)(H,23,25,26);1H. The number of nitrogens with zero attached hydrogens (tertiary/aromatic N) is 5. The van der Waals surface area contributed by atoms with Crippen molar-refractivity contribution >= 4 is 35.9 Å². The zero-order valence-corrected chi connectivity index (χ0v) is 18.9. The monoisotopic (exact) mass is 526 g/mol. The number of nitrogens with one attached hydrogen (secondary N) is 3. The molecule has 12 heteroatoms. The van der Waals surface area contributed by atoms with E-state index in [0.29, 0.717) is 25.6 Å². The van der Waals surface area contributed by atoms with Gasteiger partial charge in [0.05, 0.1) is 5.69 Å². The number of aryl methyl sites for hydroxylation is 3. The van der Waals surface area contributed by atoms with Gasteiger partial charge in [-0.15, -0.1) is 24.0 Å². The summed E-state index contributed by atoms with van der Waals surface area (Å²) in [4.78, 5) is 11.3. The van der Waals surface area contributed by atoms with Gasteiger partial charge in [0.25, 0.3) is 0 Å². The van der Waals surface area contributed by atoms with Crippen LogP contribution in [-0.2, 0) is 12.7 Å². The van der Waals surface area contributed by atoms with Crippen LogP contribution in [0.25, 0.3) is 0 Å². The highest BCUT2D eigenvalue weighted by Crippen LogP contribution is 2.27. The van der Waals surface area contributed by atoms with E-state index in [2.05, 4.69) is 36.0 Å². The number of hydrogen-bond acceptors (Lipinski definition) is 5. The number of aliphatic imine (C=N–C) groups is 1. The molecule has 0 radical (unpaired) electrons. The lowest BCUT2D eigenvalue weighted by Gasteiger charge is -2.13. The predicted molar refractivity (Wildman–Crippen MR) is 117 cm³/mol. The first-order valence-corrected chi connectivity index (χ1v) is 8.89. The molecule has 2 aromatic rings. The van der Waals surface area contributed by atoms with Crippen molar-refractivity contribution in [3.8, 4) is 0 Å². The van der Waals surface area contributed by atoms with Crippen molar-refractivity contribution < 1.29 is 13.2 Å². The maximum absolute atomic E-state index is 12.6. The van der Waals surface area contributed by atoms with E-state index >= 15 is 0 Å². The number of guanidine groups is 1. The van der Waals surface area contributed by atoms with Crippen molar-refractivity contribution in [1.82, 2.24) is 30.4 Å². The van der Waals surface area contributed by atoms with Gasteiger partial charge in [-0.2, -0.15) is 18.3 Å². The molecule has 8 nitrogen and oxygen atoms in total. The highest BCUT2D eigenvalue weighted by molar-refractivity contribution is 14.0. The van der Waals surface area contributed by atoms with Gasteiger partial charge in [0.15, 0.2) is 5.96 Å². The van der Waals surface area contributed by atoms with Crippen LogP contribution in [0.4, 0.5) is 19.1 Å². The summed E-state index contributed by atoms with van der Waals surface area (Å²) in [6.45, 7) is 6.28. The summed E-state index contributed by atoms with van der Waals surface area (Å²) in [5, 5.41) is 13.4. The fourth-order valence-electron chi connectivity index (χ4n) is 2.51. The Bertz CT molecular complexity index is 791. The quantitative estimate of drug-likeness (QED) is 0.212. The van der Waals surface area contributed by atoms with Crippen LogP contribution >= 0.6 is 24.0 Å². The molecule has 2 heterocycles. The third-order valence-electron chi connectivity index (χ3n) is 3.81. The number of anilines is 1. The molecule has 0 aliphatic heterocycles. The summed E-state index contributed by atoms with van der Waals surface area (Å²) in [5.41, 5.74) is 1.15. The molecular weight excluding hydrogens is 500 g/mol. The molecule has 2 rings (SSSR count). The maximum atomic E-state index is 12.6. The lowest BCUT2D eigenvalue weighted by atomic mass is 10.4. The summed E-state index contributed by atoms with van der Waals surface area (Å²) in [5.74, 6) is 0.546. The zero-order valence-electron chi connectivity index (χ0n) is 16.5. The second-order valence-corrected chi connectivity index (χ2v) is 6.12. The van der Waals surface area contributed by atoms with Crippen LogP contribution in [-0.4, -0.2) is 52.4 Å². The van der Waals surface area contributed by atoms with E-state index in [9.17, 15) is 13.2 Å². The molecule has 162 valence electrons. The highest BCUT2D eigenvalue weighted by Gasteiger charge is 2.32. The highest BCUT2D eigenvalue weighted by atomic mass is 127. The van der Waals surface area contributed by atoms with E-state index in [-0.39, 0.29) is 29.9 Å². The molecule has 0 aliphatic rings. The molecule has 0 aliphatic carbocycles. The zero-order chi connectivity index (χ0) is 20.6. The molecule has 0 spiro atoms. The third-order valence-corrected chi connectivity index (χ3v) is 3.81. The fourth-order valence-corrected chi connectivity index (χ4v) is 2.51. The van der Waals surface area contributed by atoms with Gasteiger partial charge in [0, 0.05) is 45.1 Å². The topological polar surface area (TPSA) is 92.0 Å². The minimum Gasteiger partial charge on any atom is -0.356 e. The SMILES string of the molecule is CN=C(NCCCn1nc(C)cc1C)NCCNc1nccc(C(F)(F)F)n1.I. The van der Waals surface area contributed by atoms with Gasteiger partial charge in [0.1, 0.15) is 5.69 Å². The molecule has 29 heavy (non-hydrogen) atoms. The normalized spacial score (nSPS) is 11.7. The largest absolute Gasteiger partial charge is 0.433 e. The first kappa shape index (κ1) is 24.9. The van der Waals surface area contributed by atoms with Crippen molar-refractivity contribution in [1.29, 1.82) is 0 Å². The third kappa shape index (κ3) is 8.41. The Balaban J connectivity index is 0.00000420. The van der Waals surface area contributed by atoms with E-state index in [1.807, 2.05) is 24.6 Å². The average Bonchev–Trinajstić information content (AvgIpc) is 2.97. The predicted octanol–water partition coefficient (Wildman–Crippen LogP) is 2.59. The number of hydrogen-bond donors (Lipinski definition) is 3. The lowest BCUT2D eigenvalue weighted by molar-refractivity contribution is -0.141. The van der Waals surface area contributed by atoms with Crippen LogP contribution in [0.3, 0.4) is 0 Å². The molecule has 0 saturated carbocycles. The van der Waals surface area contributed by atoms with Gasteiger partial charge in [-0.05, 0) is 32.4 Å². The van der Waals surface area contributed by atoms with E-state index in [0.717, 1.165) is 36.6 Å². The minimum absolute atomic E-state index is 0. The Morgan fingerprint density at radius 1 is 1.17 bits per heavy atom. The smallest absolute Gasteiger partial charge is 0.356 e. The van der Waals surface area contributed by atoms with Crippen molar-refractivity contribution in [3.63, 3.8) is 0 Å². The van der Waals surface area contributed by atoms with E-state index < -0.39 is 11.9 Å². The number of rotatable bonds is 8. The molecule has 0 atom stereocenters. The second kappa shape index (κ2) is 11.8. The van der Waals surface area contributed by atoms with Gasteiger partial charge in [-0.25, -0.2) is 9.97 Å². The molecular formula is C17H26F3IN8. The first-order valence-electron chi connectivity index (χ1n) is 8.89. The van der Waals surface area contributed by atoms with Crippen LogP contribution in [0.15, 0.2) is 23.3 Å². The summed E-state index contributed by atoms with van der Waals surface area (Å²) >= 11 is 0. The molecule has 3 N–H and O–H groups in total. The molecule has 2 aromatic heterocycles. The molecule has 0 bridgehead atoms. The Morgan fingerprint density at radius 2 is 1.90 bits per heavy atom. The van der Waals surface area contributed by atoms with Crippen LogP contribution in [0.5, 0.6) is 0 Å². The summed E-state index contributed by atoms with van der Waals surface area (Å²) in [6, 6.07) is 2.87. The Kier molecular flexibility index (Phi) is 10.1. The number of halogens is 4. The fraction of sp³-hybridized carbons (Fsp3) is 0.529. The van der Waals surface area contributed by atoms with E-state index in [1.54, 1.807) is 7.05 Å². The van der Waals surface area contributed by atoms with Gasteiger partial charge in [0.2, 0.25) is 5.95 Å². The Hall–Kier alpha value is -2.12. The van der Waals surface area contributed by atoms with E-state index in [4.69, 9.17) is 0 Å². The average molecular weight is 526 g/mol.